The topological polar surface area (TPSA) is 69.7 Å². The average Bonchev–Trinajstić information content (AvgIpc) is 3.15. The SMILES string of the molecule is CC1CCCCN1S(=O)(=O)c1ccc(C(=O)N(C)C2CCNC2)cc1.Cl. The van der Waals surface area contributed by atoms with E-state index in [0.717, 1.165) is 38.8 Å². The summed E-state index contributed by atoms with van der Waals surface area (Å²) in [5, 5.41) is 3.25. The molecule has 0 aromatic heterocycles. The summed E-state index contributed by atoms with van der Waals surface area (Å²) < 4.78 is 27.3. The van der Waals surface area contributed by atoms with Crippen molar-refractivity contribution in [3.63, 3.8) is 0 Å². The van der Waals surface area contributed by atoms with E-state index >= 15 is 0 Å². The van der Waals surface area contributed by atoms with Crippen molar-refractivity contribution >= 4 is 28.3 Å². The van der Waals surface area contributed by atoms with Crippen molar-refractivity contribution in [3.05, 3.63) is 29.8 Å². The van der Waals surface area contributed by atoms with Gasteiger partial charge in [-0.3, -0.25) is 4.79 Å². The number of carbonyl (C=O) groups is 1. The largest absolute Gasteiger partial charge is 0.337 e. The molecule has 2 unspecified atom stereocenters. The van der Waals surface area contributed by atoms with Gasteiger partial charge in [-0.15, -0.1) is 12.4 Å². The van der Waals surface area contributed by atoms with Crippen LogP contribution in [0, 0.1) is 0 Å². The second-order valence-electron chi connectivity index (χ2n) is 7.05. The van der Waals surface area contributed by atoms with E-state index in [-0.39, 0.29) is 35.3 Å². The molecular formula is C18H28ClN3O3S. The van der Waals surface area contributed by atoms with E-state index in [1.54, 1.807) is 40.5 Å². The van der Waals surface area contributed by atoms with Gasteiger partial charge in [-0.1, -0.05) is 6.42 Å². The molecule has 1 amide bonds. The van der Waals surface area contributed by atoms with Crippen LogP contribution in [0.15, 0.2) is 29.2 Å². The summed E-state index contributed by atoms with van der Waals surface area (Å²) in [6.07, 6.45) is 3.82. The van der Waals surface area contributed by atoms with Crippen LogP contribution in [-0.4, -0.2) is 62.3 Å². The van der Waals surface area contributed by atoms with Gasteiger partial charge in [0.05, 0.1) is 4.90 Å². The molecule has 0 spiro atoms. The fourth-order valence-electron chi connectivity index (χ4n) is 3.67. The molecule has 1 aromatic rings. The first kappa shape index (κ1) is 21.2. The van der Waals surface area contributed by atoms with Crippen LogP contribution >= 0.6 is 12.4 Å². The first-order valence-electron chi connectivity index (χ1n) is 9.01. The number of nitrogens with zero attached hydrogens (tertiary/aromatic N) is 2. The summed E-state index contributed by atoms with van der Waals surface area (Å²) in [6, 6.07) is 6.60. The van der Waals surface area contributed by atoms with Crippen molar-refractivity contribution < 1.29 is 13.2 Å². The van der Waals surface area contributed by atoms with E-state index in [4.69, 9.17) is 0 Å². The zero-order chi connectivity index (χ0) is 18.0. The predicted octanol–water partition coefficient (Wildman–Crippen LogP) is 2.11. The maximum atomic E-state index is 12.8. The molecular weight excluding hydrogens is 374 g/mol. The molecule has 1 N–H and O–H groups in total. The van der Waals surface area contributed by atoms with Crippen LogP contribution in [0.1, 0.15) is 43.0 Å². The maximum absolute atomic E-state index is 12.8. The van der Waals surface area contributed by atoms with Crippen LogP contribution in [0.3, 0.4) is 0 Å². The Bertz CT molecular complexity index is 718. The van der Waals surface area contributed by atoms with Crippen molar-refractivity contribution in [3.8, 4) is 0 Å². The zero-order valence-corrected chi connectivity index (χ0v) is 17.0. The summed E-state index contributed by atoms with van der Waals surface area (Å²) >= 11 is 0. The fraction of sp³-hybridized carbons (Fsp3) is 0.611. The first-order valence-corrected chi connectivity index (χ1v) is 10.4. The third kappa shape index (κ3) is 4.22. The minimum Gasteiger partial charge on any atom is -0.337 e. The highest BCUT2D eigenvalue weighted by Gasteiger charge is 2.31. The number of carbonyl (C=O) groups excluding carboxylic acids is 1. The normalized spacial score (nSPS) is 24.1. The summed E-state index contributed by atoms with van der Waals surface area (Å²) in [5.41, 5.74) is 0.528. The van der Waals surface area contributed by atoms with Crippen molar-refractivity contribution in [1.29, 1.82) is 0 Å². The Kier molecular flexibility index (Phi) is 7.07. The highest BCUT2D eigenvalue weighted by Crippen LogP contribution is 2.25. The summed E-state index contributed by atoms with van der Waals surface area (Å²) in [5.74, 6) is -0.0658. The molecule has 0 saturated carbocycles. The van der Waals surface area contributed by atoms with Gasteiger partial charge < -0.3 is 10.2 Å². The number of benzene rings is 1. The van der Waals surface area contributed by atoms with Gasteiger partial charge >= 0.3 is 0 Å². The van der Waals surface area contributed by atoms with Gasteiger partial charge in [-0.05, 0) is 57.0 Å². The molecule has 2 aliphatic rings. The quantitative estimate of drug-likeness (QED) is 0.838. The lowest BCUT2D eigenvalue weighted by Crippen LogP contribution is -2.42. The van der Waals surface area contributed by atoms with Gasteiger partial charge in [0.1, 0.15) is 0 Å². The number of nitrogens with one attached hydrogen (secondary N) is 1. The third-order valence-corrected chi connectivity index (χ3v) is 7.38. The number of hydrogen-bond acceptors (Lipinski definition) is 4. The summed E-state index contributed by atoms with van der Waals surface area (Å²) in [4.78, 5) is 14.6. The smallest absolute Gasteiger partial charge is 0.253 e. The fourth-order valence-corrected chi connectivity index (χ4v) is 5.37. The number of likely N-dealkylation sites (N-methyl/N-ethyl adjacent to an activating group) is 1. The molecule has 1 aromatic carbocycles. The molecule has 2 atom stereocenters. The van der Waals surface area contributed by atoms with E-state index in [9.17, 15) is 13.2 Å². The molecule has 0 bridgehead atoms. The van der Waals surface area contributed by atoms with Gasteiger partial charge in [0.2, 0.25) is 10.0 Å². The van der Waals surface area contributed by atoms with Crippen LogP contribution in [-0.2, 0) is 10.0 Å². The Morgan fingerprint density at radius 1 is 1.19 bits per heavy atom. The molecule has 2 aliphatic heterocycles. The number of hydrogen-bond donors (Lipinski definition) is 1. The van der Waals surface area contributed by atoms with Gasteiger partial charge in [0.25, 0.3) is 5.91 Å². The second kappa shape index (κ2) is 8.69. The number of halogens is 1. The highest BCUT2D eigenvalue weighted by molar-refractivity contribution is 7.89. The van der Waals surface area contributed by atoms with E-state index in [2.05, 4.69) is 5.32 Å². The molecule has 2 fully saturated rings. The summed E-state index contributed by atoms with van der Waals surface area (Å²) in [6.45, 7) is 4.26. The zero-order valence-electron chi connectivity index (χ0n) is 15.3. The minimum absolute atomic E-state index is 0. The molecule has 3 rings (SSSR count). The van der Waals surface area contributed by atoms with E-state index in [0.29, 0.717) is 12.1 Å². The number of piperidine rings is 1. The number of sulfonamides is 1. The minimum atomic E-state index is -3.49. The monoisotopic (exact) mass is 401 g/mol. The second-order valence-corrected chi connectivity index (χ2v) is 8.94. The van der Waals surface area contributed by atoms with Crippen LogP contribution in [0.4, 0.5) is 0 Å². The van der Waals surface area contributed by atoms with Gasteiger partial charge in [0, 0.05) is 37.8 Å². The molecule has 6 nitrogen and oxygen atoms in total. The first-order chi connectivity index (χ1) is 11.9. The number of amides is 1. The Labute approximate surface area is 162 Å². The lowest BCUT2D eigenvalue weighted by molar-refractivity contribution is 0.0743. The molecule has 26 heavy (non-hydrogen) atoms. The predicted molar refractivity (Wildman–Crippen MR) is 104 cm³/mol. The van der Waals surface area contributed by atoms with E-state index in [1.165, 1.54) is 0 Å². The Balaban J connectivity index is 0.00000243. The van der Waals surface area contributed by atoms with Crippen molar-refractivity contribution in [2.75, 3.05) is 26.7 Å². The van der Waals surface area contributed by atoms with Crippen molar-refractivity contribution in [2.45, 2.75) is 49.6 Å². The molecule has 2 saturated heterocycles. The van der Waals surface area contributed by atoms with E-state index in [1.807, 2.05) is 6.92 Å². The molecule has 2 heterocycles. The third-order valence-electron chi connectivity index (χ3n) is 5.35. The molecule has 0 radical (unpaired) electrons. The van der Waals surface area contributed by atoms with Gasteiger partial charge in [0.15, 0.2) is 0 Å². The Hall–Kier alpha value is -1.15. The van der Waals surface area contributed by atoms with Crippen LogP contribution in [0.5, 0.6) is 0 Å². The van der Waals surface area contributed by atoms with E-state index < -0.39 is 10.0 Å². The van der Waals surface area contributed by atoms with Crippen LogP contribution in [0.25, 0.3) is 0 Å². The lowest BCUT2D eigenvalue weighted by Gasteiger charge is -2.32. The molecule has 146 valence electrons. The van der Waals surface area contributed by atoms with Crippen LogP contribution in [0.2, 0.25) is 0 Å². The summed E-state index contributed by atoms with van der Waals surface area (Å²) in [7, 11) is -1.69. The Morgan fingerprint density at radius 2 is 1.88 bits per heavy atom. The standard InChI is InChI=1S/C18H27N3O3S.ClH/c1-14-5-3-4-12-21(14)25(23,24)17-8-6-15(7-9-17)18(22)20(2)16-10-11-19-13-16;/h6-9,14,16,19H,3-5,10-13H2,1-2H3;1H. The number of rotatable bonds is 4. The maximum Gasteiger partial charge on any atom is 0.253 e. The van der Waals surface area contributed by atoms with Crippen molar-refractivity contribution in [1.82, 2.24) is 14.5 Å². The average molecular weight is 402 g/mol. The Morgan fingerprint density at radius 3 is 2.46 bits per heavy atom. The lowest BCUT2D eigenvalue weighted by atomic mass is 10.1. The highest BCUT2D eigenvalue weighted by atomic mass is 35.5. The molecule has 0 aliphatic carbocycles. The van der Waals surface area contributed by atoms with Crippen LogP contribution < -0.4 is 5.32 Å². The molecule has 8 heteroatoms. The van der Waals surface area contributed by atoms with Crippen molar-refractivity contribution in [2.24, 2.45) is 0 Å². The van der Waals surface area contributed by atoms with Gasteiger partial charge in [-0.25, -0.2) is 8.42 Å². The van der Waals surface area contributed by atoms with Gasteiger partial charge in [-0.2, -0.15) is 4.31 Å².